The third-order valence-corrected chi connectivity index (χ3v) is 6.15. The van der Waals surface area contributed by atoms with Gasteiger partial charge in [0.15, 0.2) is 11.5 Å². The summed E-state index contributed by atoms with van der Waals surface area (Å²) in [4.78, 5) is 19.4. The molecule has 4 aromatic rings. The number of ether oxygens (including phenoxy) is 2. The van der Waals surface area contributed by atoms with Gasteiger partial charge >= 0.3 is 0 Å². The topological polar surface area (TPSA) is 101 Å². The van der Waals surface area contributed by atoms with Gasteiger partial charge in [0.1, 0.15) is 5.69 Å². The molecular weight excluding hydrogens is 456 g/mol. The highest BCUT2D eigenvalue weighted by atomic mass is 35.5. The van der Waals surface area contributed by atoms with E-state index in [1.807, 2.05) is 24.3 Å². The Labute approximate surface area is 200 Å². The molecule has 0 aliphatic carbocycles. The largest absolute Gasteiger partial charge is 0.502 e. The van der Waals surface area contributed by atoms with E-state index in [0.29, 0.717) is 28.5 Å². The van der Waals surface area contributed by atoms with Gasteiger partial charge in [0, 0.05) is 35.1 Å². The van der Waals surface area contributed by atoms with Gasteiger partial charge in [-0.1, -0.05) is 23.7 Å². The first-order chi connectivity index (χ1) is 16.5. The first-order valence-corrected chi connectivity index (χ1v) is 10.9. The predicted molar refractivity (Wildman–Crippen MR) is 126 cm³/mol. The number of rotatable bonds is 6. The van der Waals surface area contributed by atoms with E-state index >= 15 is 0 Å². The minimum Gasteiger partial charge on any atom is -0.502 e. The number of carbonyl (C=O) groups is 1. The van der Waals surface area contributed by atoms with Crippen molar-refractivity contribution in [3.8, 4) is 28.5 Å². The summed E-state index contributed by atoms with van der Waals surface area (Å²) < 4.78 is 10.8. The van der Waals surface area contributed by atoms with E-state index in [0.717, 1.165) is 16.7 Å². The molecule has 2 aromatic carbocycles. The standard InChI is InChI=1S/C25H21ClN4O4/c1-33-18-11-16(12-19(34-2)24(18)31)23-20-21(15-3-5-17(26)6-4-15)28-29-22(20)25(32)30(23)13-14-7-9-27-10-8-14/h3-12,23,31H,13H2,1-2H3,(H,28,29). The molecule has 1 atom stereocenters. The number of H-pyrrole nitrogens is 1. The molecule has 5 rings (SSSR count). The summed E-state index contributed by atoms with van der Waals surface area (Å²) in [6, 6.07) is 13.9. The Balaban J connectivity index is 1.70. The van der Waals surface area contributed by atoms with Crippen LogP contribution in [0.2, 0.25) is 5.02 Å². The maximum atomic E-state index is 13.6. The molecule has 1 aliphatic heterocycles. The van der Waals surface area contributed by atoms with E-state index in [9.17, 15) is 9.90 Å². The van der Waals surface area contributed by atoms with Crippen LogP contribution in [0, 0.1) is 0 Å². The highest BCUT2D eigenvalue weighted by molar-refractivity contribution is 6.30. The third-order valence-electron chi connectivity index (χ3n) is 5.90. The van der Waals surface area contributed by atoms with Gasteiger partial charge in [-0.3, -0.25) is 14.9 Å². The van der Waals surface area contributed by atoms with E-state index in [-0.39, 0.29) is 23.2 Å². The van der Waals surface area contributed by atoms with Crippen molar-refractivity contribution in [1.29, 1.82) is 0 Å². The number of phenolic OH excluding ortho intramolecular Hbond substituents is 1. The number of benzene rings is 2. The molecular formula is C25H21ClN4O4. The molecule has 0 bridgehead atoms. The fourth-order valence-corrected chi connectivity index (χ4v) is 4.42. The Kier molecular flexibility index (Phi) is 5.59. The Morgan fingerprint density at radius 3 is 2.32 bits per heavy atom. The van der Waals surface area contributed by atoms with Crippen molar-refractivity contribution in [2.75, 3.05) is 14.2 Å². The summed E-state index contributed by atoms with van der Waals surface area (Å²) in [5, 5.41) is 18.5. The van der Waals surface area contributed by atoms with E-state index in [4.69, 9.17) is 21.1 Å². The van der Waals surface area contributed by atoms with Gasteiger partial charge in [0.05, 0.1) is 26.0 Å². The van der Waals surface area contributed by atoms with E-state index in [2.05, 4.69) is 15.2 Å². The molecule has 0 radical (unpaired) electrons. The Hall–Kier alpha value is -4.04. The number of carbonyl (C=O) groups excluding carboxylic acids is 1. The lowest BCUT2D eigenvalue weighted by atomic mass is 9.95. The van der Waals surface area contributed by atoms with Crippen molar-refractivity contribution in [2.45, 2.75) is 12.6 Å². The quantitative estimate of drug-likeness (QED) is 0.422. The number of nitrogens with zero attached hydrogens (tertiary/aromatic N) is 3. The van der Waals surface area contributed by atoms with Gasteiger partial charge in [0.25, 0.3) is 5.91 Å². The zero-order valence-electron chi connectivity index (χ0n) is 18.4. The number of nitrogens with one attached hydrogen (secondary N) is 1. The molecule has 0 saturated heterocycles. The number of phenols is 1. The zero-order chi connectivity index (χ0) is 23.8. The van der Waals surface area contributed by atoms with Gasteiger partial charge < -0.3 is 19.5 Å². The number of aromatic hydroxyl groups is 1. The van der Waals surface area contributed by atoms with Gasteiger partial charge in [-0.25, -0.2) is 0 Å². The lowest BCUT2D eigenvalue weighted by molar-refractivity contribution is 0.0729. The Morgan fingerprint density at radius 2 is 1.71 bits per heavy atom. The Bertz CT molecular complexity index is 1330. The monoisotopic (exact) mass is 476 g/mol. The van der Waals surface area contributed by atoms with Crippen LogP contribution < -0.4 is 9.47 Å². The lowest BCUT2D eigenvalue weighted by Crippen LogP contribution is -2.29. The molecule has 2 N–H and O–H groups in total. The molecule has 1 unspecified atom stereocenters. The van der Waals surface area contributed by atoms with Crippen LogP contribution in [0.4, 0.5) is 0 Å². The second-order valence-corrected chi connectivity index (χ2v) is 8.27. The molecule has 0 fully saturated rings. The highest BCUT2D eigenvalue weighted by Crippen LogP contribution is 2.47. The van der Waals surface area contributed by atoms with Gasteiger partial charge in [0.2, 0.25) is 5.75 Å². The van der Waals surface area contributed by atoms with Crippen LogP contribution in [0.1, 0.15) is 33.2 Å². The maximum Gasteiger partial charge on any atom is 0.273 e. The fraction of sp³-hybridized carbons (Fsp3) is 0.160. The van der Waals surface area contributed by atoms with Crippen molar-refractivity contribution in [1.82, 2.24) is 20.1 Å². The van der Waals surface area contributed by atoms with Crippen molar-refractivity contribution >= 4 is 17.5 Å². The molecule has 2 aromatic heterocycles. The van der Waals surface area contributed by atoms with Gasteiger partial charge in [-0.15, -0.1) is 0 Å². The van der Waals surface area contributed by atoms with Crippen molar-refractivity contribution < 1.29 is 19.4 Å². The van der Waals surface area contributed by atoms with E-state index in [1.54, 1.807) is 41.6 Å². The summed E-state index contributed by atoms with van der Waals surface area (Å²) in [6.07, 6.45) is 3.38. The number of aromatic amines is 1. The second-order valence-electron chi connectivity index (χ2n) is 7.83. The molecule has 0 spiro atoms. The van der Waals surface area contributed by atoms with Crippen molar-refractivity contribution in [3.63, 3.8) is 0 Å². The highest BCUT2D eigenvalue weighted by Gasteiger charge is 2.42. The van der Waals surface area contributed by atoms with Gasteiger partial charge in [-0.2, -0.15) is 5.10 Å². The van der Waals surface area contributed by atoms with Crippen LogP contribution in [0.25, 0.3) is 11.3 Å². The molecule has 34 heavy (non-hydrogen) atoms. The molecule has 172 valence electrons. The number of hydrogen-bond acceptors (Lipinski definition) is 6. The average molecular weight is 477 g/mol. The van der Waals surface area contributed by atoms with E-state index in [1.165, 1.54) is 14.2 Å². The summed E-state index contributed by atoms with van der Waals surface area (Å²) in [5.74, 6) is 0.200. The van der Waals surface area contributed by atoms with Crippen LogP contribution in [0.5, 0.6) is 17.2 Å². The summed E-state index contributed by atoms with van der Waals surface area (Å²) in [7, 11) is 2.93. The molecule has 1 amide bonds. The number of halogens is 1. The normalized spacial score (nSPS) is 14.9. The van der Waals surface area contributed by atoms with E-state index < -0.39 is 6.04 Å². The SMILES string of the molecule is COc1cc(C2c3c(-c4ccc(Cl)cc4)n[nH]c3C(=O)N2Cc2ccncc2)cc(OC)c1O. The zero-order valence-corrected chi connectivity index (χ0v) is 19.2. The van der Waals surface area contributed by atoms with Crippen molar-refractivity contribution in [3.05, 3.63) is 88.3 Å². The molecule has 9 heteroatoms. The first kappa shape index (κ1) is 21.8. The average Bonchev–Trinajstić information content (AvgIpc) is 3.40. The summed E-state index contributed by atoms with van der Waals surface area (Å²) in [6.45, 7) is 0.347. The smallest absolute Gasteiger partial charge is 0.273 e. The number of methoxy groups -OCH3 is 2. The predicted octanol–water partition coefficient (Wildman–Crippen LogP) is 4.59. The number of amides is 1. The fourth-order valence-electron chi connectivity index (χ4n) is 4.29. The molecule has 1 aliphatic rings. The third kappa shape index (κ3) is 3.62. The lowest BCUT2D eigenvalue weighted by Gasteiger charge is -2.27. The number of hydrogen-bond donors (Lipinski definition) is 2. The molecule has 8 nitrogen and oxygen atoms in total. The Morgan fingerprint density at radius 1 is 1.06 bits per heavy atom. The number of pyridine rings is 1. The van der Waals surface area contributed by atoms with Crippen LogP contribution in [0.15, 0.2) is 60.9 Å². The minimum absolute atomic E-state index is 0.107. The van der Waals surface area contributed by atoms with Crippen molar-refractivity contribution in [2.24, 2.45) is 0 Å². The van der Waals surface area contributed by atoms with Crippen LogP contribution in [0.3, 0.4) is 0 Å². The number of aromatic nitrogens is 3. The minimum atomic E-state index is -0.511. The summed E-state index contributed by atoms with van der Waals surface area (Å²) >= 11 is 6.09. The van der Waals surface area contributed by atoms with Gasteiger partial charge in [-0.05, 0) is 47.5 Å². The second kappa shape index (κ2) is 8.72. The summed E-state index contributed by atoms with van der Waals surface area (Å²) in [5.41, 5.74) is 4.25. The number of fused-ring (bicyclic) bond motifs is 1. The molecule has 0 saturated carbocycles. The van der Waals surface area contributed by atoms with Crippen LogP contribution in [-0.2, 0) is 6.54 Å². The van der Waals surface area contributed by atoms with Crippen LogP contribution in [-0.4, -0.2) is 45.3 Å². The first-order valence-electron chi connectivity index (χ1n) is 10.5. The maximum absolute atomic E-state index is 13.6. The van der Waals surface area contributed by atoms with Crippen LogP contribution >= 0.6 is 11.6 Å². The molecule has 3 heterocycles.